The second-order valence-electron chi connectivity index (χ2n) is 3.45. The van der Waals surface area contributed by atoms with E-state index in [1.807, 2.05) is 0 Å². The molecule has 8 heteroatoms. The average Bonchev–Trinajstić information content (AvgIpc) is 2.26. The van der Waals surface area contributed by atoms with Crippen molar-refractivity contribution in [3.05, 3.63) is 24.1 Å². The molecule has 5 nitrogen and oxygen atoms in total. The zero-order chi connectivity index (χ0) is 13.1. The van der Waals surface area contributed by atoms with Gasteiger partial charge in [0.15, 0.2) is 5.82 Å². The van der Waals surface area contributed by atoms with E-state index in [1.165, 1.54) is 12.3 Å². The molecule has 0 fully saturated rings. The number of halogens is 1. The summed E-state index contributed by atoms with van der Waals surface area (Å²) in [6.45, 7) is 1.67. The van der Waals surface area contributed by atoms with Gasteiger partial charge in [-0.3, -0.25) is 0 Å². The number of thiocarbonyl (C=S) groups is 1. The van der Waals surface area contributed by atoms with Crippen LogP contribution in [0.1, 0.15) is 6.92 Å². The zero-order valence-corrected chi connectivity index (χ0v) is 10.7. The van der Waals surface area contributed by atoms with Crippen LogP contribution < -0.4 is 10.5 Å². The molecule has 0 aromatic carbocycles. The molecule has 0 amide bonds. The molecule has 0 aliphatic rings. The zero-order valence-electron chi connectivity index (χ0n) is 9.05. The van der Waals surface area contributed by atoms with E-state index in [9.17, 15) is 12.8 Å². The molecule has 0 bridgehead atoms. The highest BCUT2D eigenvalue weighted by atomic mass is 32.2. The van der Waals surface area contributed by atoms with Gasteiger partial charge in [-0.2, -0.15) is 0 Å². The summed E-state index contributed by atoms with van der Waals surface area (Å²) in [4.78, 5) is 3.67. The first-order valence-corrected chi connectivity index (χ1v) is 6.63. The maximum Gasteiger partial charge on any atom is 0.261 e. The Balaban J connectivity index is 2.84. The highest BCUT2D eigenvalue weighted by Crippen LogP contribution is 2.09. The van der Waals surface area contributed by atoms with Gasteiger partial charge in [0.1, 0.15) is 0 Å². The molecule has 94 valence electrons. The fraction of sp³-hybridized carbons (Fsp3) is 0.333. The van der Waals surface area contributed by atoms with E-state index < -0.39 is 20.9 Å². The Bertz CT molecular complexity index is 519. The van der Waals surface area contributed by atoms with Crippen molar-refractivity contribution >= 4 is 27.2 Å². The molecule has 0 radical (unpaired) electrons. The summed E-state index contributed by atoms with van der Waals surface area (Å²) in [5, 5.41) is -0.630. The first-order chi connectivity index (χ1) is 7.84. The number of nitrogens with zero attached hydrogens (tertiary/aromatic N) is 1. The number of hydrogen-bond acceptors (Lipinski definition) is 4. The Morgan fingerprint density at radius 2 is 2.35 bits per heavy atom. The molecular weight excluding hydrogens is 265 g/mol. The summed E-state index contributed by atoms with van der Waals surface area (Å²) in [7, 11) is -3.97. The lowest BCUT2D eigenvalue weighted by Crippen LogP contribution is -2.34. The minimum absolute atomic E-state index is 0.00762. The Kier molecular flexibility index (Phi) is 4.49. The van der Waals surface area contributed by atoms with Crippen LogP contribution in [-0.2, 0) is 10.0 Å². The molecule has 1 atom stereocenters. The summed E-state index contributed by atoms with van der Waals surface area (Å²) >= 11 is 4.70. The van der Waals surface area contributed by atoms with Crippen molar-refractivity contribution in [3.8, 4) is 0 Å². The Hall–Kier alpha value is -1.12. The maximum absolute atomic E-state index is 13.2. The first-order valence-electron chi connectivity index (χ1n) is 4.74. The van der Waals surface area contributed by atoms with Crippen LogP contribution in [0.5, 0.6) is 0 Å². The van der Waals surface area contributed by atoms with Crippen LogP contribution in [0.25, 0.3) is 0 Å². The lowest BCUT2D eigenvalue weighted by molar-refractivity contribution is 0.541. The van der Waals surface area contributed by atoms with Crippen molar-refractivity contribution in [1.29, 1.82) is 0 Å². The topological polar surface area (TPSA) is 85.1 Å². The number of sulfonamides is 1. The highest BCUT2D eigenvalue weighted by molar-refractivity contribution is 7.89. The fourth-order valence-corrected chi connectivity index (χ4v) is 2.19. The van der Waals surface area contributed by atoms with Gasteiger partial charge in [-0.15, -0.1) is 0 Å². The number of rotatable bonds is 5. The molecule has 0 saturated heterocycles. The second-order valence-corrected chi connectivity index (χ2v) is 5.60. The van der Waals surface area contributed by atoms with Crippen LogP contribution in [-0.4, -0.2) is 24.9 Å². The van der Waals surface area contributed by atoms with Crippen LogP contribution in [0.4, 0.5) is 4.39 Å². The number of nitrogens with two attached hydrogens (primary N) is 1. The van der Waals surface area contributed by atoms with Gasteiger partial charge < -0.3 is 5.73 Å². The molecule has 0 aliphatic heterocycles. The number of nitrogens with one attached hydrogen (secondary N) is 1. The molecule has 0 aliphatic carbocycles. The van der Waals surface area contributed by atoms with Crippen molar-refractivity contribution in [1.82, 2.24) is 9.71 Å². The largest absolute Gasteiger partial charge is 0.393 e. The van der Waals surface area contributed by atoms with Crippen LogP contribution in [0.3, 0.4) is 0 Å². The van der Waals surface area contributed by atoms with E-state index in [0.717, 1.165) is 6.07 Å². The van der Waals surface area contributed by atoms with Gasteiger partial charge >= 0.3 is 0 Å². The van der Waals surface area contributed by atoms with Gasteiger partial charge in [0.25, 0.3) is 10.0 Å². The standard InChI is InChI=1S/C9H12FN3O2S2/c1-6(8(11)16)5-13-17(14,15)9-7(10)3-2-4-12-9/h2-4,6,13H,5H2,1H3,(H2,11,16). The average molecular weight is 277 g/mol. The van der Waals surface area contributed by atoms with Crippen molar-refractivity contribution in [2.24, 2.45) is 11.7 Å². The summed E-state index contributed by atoms with van der Waals surface area (Å²) in [6, 6.07) is 2.34. The molecule has 1 unspecified atom stereocenters. The minimum atomic E-state index is -3.97. The van der Waals surface area contributed by atoms with Crippen LogP contribution in [0.2, 0.25) is 0 Å². The highest BCUT2D eigenvalue weighted by Gasteiger charge is 2.21. The van der Waals surface area contributed by atoms with Crippen LogP contribution >= 0.6 is 12.2 Å². The van der Waals surface area contributed by atoms with Gasteiger partial charge in [-0.25, -0.2) is 22.5 Å². The van der Waals surface area contributed by atoms with Gasteiger partial charge in [0.05, 0.1) is 4.99 Å². The van der Waals surface area contributed by atoms with Crippen molar-refractivity contribution in [3.63, 3.8) is 0 Å². The van der Waals surface area contributed by atoms with E-state index in [1.54, 1.807) is 6.92 Å². The Labute approximate surface area is 104 Å². The van der Waals surface area contributed by atoms with E-state index in [2.05, 4.69) is 9.71 Å². The predicted octanol–water partition coefficient (Wildman–Crippen LogP) is 0.421. The quantitative estimate of drug-likeness (QED) is 0.762. The molecule has 0 spiro atoms. The lowest BCUT2D eigenvalue weighted by Gasteiger charge is -2.11. The van der Waals surface area contributed by atoms with E-state index in [-0.39, 0.29) is 17.5 Å². The first kappa shape index (κ1) is 13.9. The third kappa shape index (κ3) is 3.69. The minimum Gasteiger partial charge on any atom is -0.393 e. The molecule has 0 saturated carbocycles. The van der Waals surface area contributed by atoms with Crippen molar-refractivity contribution in [2.45, 2.75) is 11.9 Å². The fourth-order valence-electron chi connectivity index (χ4n) is 0.973. The van der Waals surface area contributed by atoms with Crippen LogP contribution in [0, 0.1) is 11.7 Å². The smallest absolute Gasteiger partial charge is 0.261 e. The van der Waals surface area contributed by atoms with E-state index in [0.29, 0.717) is 0 Å². The SMILES string of the molecule is CC(CNS(=O)(=O)c1ncccc1F)C(N)=S. The number of hydrogen-bond donors (Lipinski definition) is 2. The van der Waals surface area contributed by atoms with Gasteiger partial charge in [-0.1, -0.05) is 19.1 Å². The molecule has 1 aromatic heterocycles. The molecular formula is C9H12FN3O2S2. The summed E-state index contributed by atoms with van der Waals surface area (Å²) < 4.78 is 38.8. The number of aromatic nitrogens is 1. The second kappa shape index (κ2) is 5.48. The summed E-state index contributed by atoms with van der Waals surface area (Å²) in [5.74, 6) is -1.21. The molecule has 1 heterocycles. The summed E-state index contributed by atoms with van der Waals surface area (Å²) in [5.41, 5.74) is 5.34. The lowest BCUT2D eigenvalue weighted by atomic mass is 10.2. The van der Waals surface area contributed by atoms with Gasteiger partial charge in [0, 0.05) is 18.7 Å². The summed E-state index contributed by atoms with van der Waals surface area (Å²) in [6.07, 6.45) is 1.20. The monoisotopic (exact) mass is 277 g/mol. The normalized spacial score (nSPS) is 13.3. The Morgan fingerprint density at radius 1 is 1.71 bits per heavy atom. The third-order valence-corrected chi connectivity index (χ3v) is 3.80. The third-order valence-electron chi connectivity index (χ3n) is 2.04. The Morgan fingerprint density at radius 3 is 2.88 bits per heavy atom. The van der Waals surface area contributed by atoms with Gasteiger partial charge in [-0.05, 0) is 12.1 Å². The number of pyridine rings is 1. The van der Waals surface area contributed by atoms with Crippen molar-refractivity contribution < 1.29 is 12.8 Å². The van der Waals surface area contributed by atoms with Crippen LogP contribution in [0.15, 0.2) is 23.4 Å². The molecule has 3 N–H and O–H groups in total. The molecule has 1 rings (SSSR count). The molecule has 17 heavy (non-hydrogen) atoms. The van der Waals surface area contributed by atoms with E-state index in [4.69, 9.17) is 18.0 Å². The van der Waals surface area contributed by atoms with Crippen molar-refractivity contribution in [2.75, 3.05) is 6.54 Å². The molecule has 1 aromatic rings. The van der Waals surface area contributed by atoms with Gasteiger partial charge in [0.2, 0.25) is 5.03 Å². The van der Waals surface area contributed by atoms with E-state index >= 15 is 0 Å². The predicted molar refractivity (Wildman–Crippen MR) is 65.3 cm³/mol. The maximum atomic E-state index is 13.2.